The molecule has 2 amide bonds. The largest absolute Gasteiger partial charge is 0.490 e. The number of aromatic nitrogens is 1. The number of esters is 1. The molecule has 222 valence electrons. The number of methoxy groups -OCH3 is 1. The molecule has 11 heteroatoms. The molecular weight excluding hydrogens is 538 g/mol. The van der Waals surface area contributed by atoms with E-state index in [0.717, 1.165) is 22.6 Å². The van der Waals surface area contributed by atoms with Crippen molar-refractivity contribution in [3.63, 3.8) is 0 Å². The van der Waals surface area contributed by atoms with Gasteiger partial charge in [0.1, 0.15) is 6.61 Å². The average Bonchev–Trinajstić information content (AvgIpc) is 3.24. The van der Waals surface area contributed by atoms with Gasteiger partial charge in [0.25, 0.3) is 0 Å². The summed E-state index contributed by atoms with van der Waals surface area (Å²) in [5.41, 5.74) is 9.27. The Morgan fingerprint density at radius 2 is 1.90 bits per heavy atom. The standard InChI is InChI=1S/C31H37N5O6/c1-7-41-26-15-22(29-28(30(38)40-6)20(4)33-31(39)34-29)11-12-25(26)42-17-27(37)35-32-16-23-14-19(3)36(21(23)5)24-10-8-9-18(2)13-24/h8-16,27,29,35,37H,7,17H2,1-6H3,(H2,33,34,39)/b32-16-/t27-,29-/m1/s1. The molecule has 0 spiro atoms. The Kier molecular flexibility index (Phi) is 9.53. The summed E-state index contributed by atoms with van der Waals surface area (Å²) >= 11 is 0. The minimum atomic E-state index is -1.10. The summed E-state index contributed by atoms with van der Waals surface area (Å²) in [5.74, 6) is 0.215. The predicted molar refractivity (Wildman–Crippen MR) is 159 cm³/mol. The molecule has 11 nitrogen and oxygen atoms in total. The van der Waals surface area contributed by atoms with Gasteiger partial charge in [-0.3, -0.25) is 5.43 Å². The van der Waals surface area contributed by atoms with Gasteiger partial charge in [-0.15, -0.1) is 0 Å². The van der Waals surface area contributed by atoms with E-state index in [1.165, 1.54) is 12.7 Å². The zero-order valence-electron chi connectivity index (χ0n) is 24.6. The van der Waals surface area contributed by atoms with Gasteiger partial charge in [0.15, 0.2) is 17.7 Å². The first kappa shape index (κ1) is 30.2. The van der Waals surface area contributed by atoms with Crippen molar-refractivity contribution in [3.8, 4) is 17.2 Å². The second kappa shape index (κ2) is 13.3. The molecule has 1 aromatic heterocycles. The molecule has 2 aromatic carbocycles. The fourth-order valence-corrected chi connectivity index (χ4v) is 4.90. The number of rotatable bonds is 11. The number of aryl methyl sites for hydroxylation is 2. The van der Waals surface area contributed by atoms with Gasteiger partial charge >= 0.3 is 12.0 Å². The minimum Gasteiger partial charge on any atom is -0.490 e. The molecule has 2 heterocycles. The Morgan fingerprint density at radius 1 is 1.12 bits per heavy atom. The highest BCUT2D eigenvalue weighted by Gasteiger charge is 2.32. The number of carbonyl (C=O) groups excluding carboxylic acids is 2. The normalized spacial score (nSPS) is 15.7. The summed E-state index contributed by atoms with van der Waals surface area (Å²) in [6.07, 6.45) is 0.566. The molecule has 0 saturated heterocycles. The summed E-state index contributed by atoms with van der Waals surface area (Å²) in [6, 6.07) is 14.2. The molecule has 0 unspecified atom stereocenters. The van der Waals surface area contributed by atoms with E-state index in [1.807, 2.05) is 32.9 Å². The molecule has 4 rings (SSSR count). The third-order valence-electron chi connectivity index (χ3n) is 6.83. The maximum absolute atomic E-state index is 12.4. The van der Waals surface area contributed by atoms with Crippen LogP contribution in [0.5, 0.6) is 11.5 Å². The van der Waals surface area contributed by atoms with Crippen molar-refractivity contribution in [1.82, 2.24) is 20.6 Å². The number of allylic oxidation sites excluding steroid dienone is 1. The van der Waals surface area contributed by atoms with Gasteiger partial charge in [-0.05, 0) is 76.1 Å². The van der Waals surface area contributed by atoms with Crippen LogP contribution in [0.1, 0.15) is 48.0 Å². The molecular formula is C31H37N5O6. The highest BCUT2D eigenvalue weighted by atomic mass is 16.5. The van der Waals surface area contributed by atoms with E-state index in [-0.39, 0.29) is 12.2 Å². The van der Waals surface area contributed by atoms with Crippen LogP contribution in [-0.4, -0.2) is 54.4 Å². The SMILES string of the molecule is CCOc1cc([C@H]2NC(=O)NC(C)=C2C(=O)OC)ccc1OC[C@@H](O)N/N=C\c1cc(C)n(-c2cccc(C)c2)c1C. The monoisotopic (exact) mass is 575 g/mol. The highest BCUT2D eigenvalue weighted by molar-refractivity contribution is 5.95. The number of aliphatic hydroxyl groups is 1. The predicted octanol–water partition coefficient (Wildman–Crippen LogP) is 3.92. The number of benzene rings is 2. The molecule has 1 aliphatic rings. The van der Waals surface area contributed by atoms with Crippen molar-refractivity contribution >= 4 is 18.2 Å². The van der Waals surface area contributed by atoms with Crippen LogP contribution in [0, 0.1) is 20.8 Å². The van der Waals surface area contributed by atoms with Crippen molar-refractivity contribution in [3.05, 3.63) is 87.9 Å². The lowest BCUT2D eigenvalue weighted by Crippen LogP contribution is -2.45. The summed E-state index contributed by atoms with van der Waals surface area (Å²) in [7, 11) is 1.28. The number of nitrogens with one attached hydrogen (secondary N) is 3. The lowest BCUT2D eigenvalue weighted by atomic mass is 9.95. The van der Waals surface area contributed by atoms with Gasteiger partial charge in [0.05, 0.1) is 31.5 Å². The fraction of sp³-hybridized carbons (Fsp3) is 0.323. The second-order valence-corrected chi connectivity index (χ2v) is 9.92. The first-order chi connectivity index (χ1) is 20.1. The fourth-order valence-electron chi connectivity index (χ4n) is 4.90. The van der Waals surface area contributed by atoms with Crippen molar-refractivity contribution < 1.29 is 28.9 Å². The van der Waals surface area contributed by atoms with Crippen molar-refractivity contribution in [1.29, 1.82) is 0 Å². The van der Waals surface area contributed by atoms with E-state index >= 15 is 0 Å². The molecule has 42 heavy (non-hydrogen) atoms. The van der Waals surface area contributed by atoms with Gasteiger partial charge in [-0.25, -0.2) is 9.59 Å². The maximum atomic E-state index is 12.4. The maximum Gasteiger partial charge on any atom is 0.337 e. The summed E-state index contributed by atoms with van der Waals surface area (Å²) < 4.78 is 18.7. The van der Waals surface area contributed by atoms with E-state index < -0.39 is 24.3 Å². The van der Waals surface area contributed by atoms with Crippen molar-refractivity contribution in [2.24, 2.45) is 5.10 Å². The van der Waals surface area contributed by atoms with Crippen LogP contribution in [0.4, 0.5) is 4.79 Å². The third-order valence-corrected chi connectivity index (χ3v) is 6.83. The van der Waals surface area contributed by atoms with Crippen molar-refractivity contribution in [2.45, 2.75) is 46.9 Å². The summed E-state index contributed by atoms with van der Waals surface area (Å²) in [4.78, 5) is 24.6. The number of urea groups is 1. The lowest BCUT2D eigenvalue weighted by molar-refractivity contribution is -0.136. The Morgan fingerprint density at radius 3 is 2.62 bits per heavy atom. The number of aliphatic hydroxyl groups excluding tert-OH is 1. The minimum absolute atomic E-state index is 0.115. The lowest BCUT2D eigenvalue weighted by Gasteiger charge is -2.28. The first-order valence-corrected chi connectivity index (χ1v) is 13.6. The topological polar surface area (TPSA) is 135 Å². The molecule has 1 aliphatic heterocycles. The Balaban J connectivity index is 1.43. The van der Waals surface area contributed by atoms with E-state index in [9.17, 15) is 14.7 Å². The van der Waals surface area contributed by atoms with Crippen LogP contribution in [0.25, 0.3) is 5.69 Å². The third kappa shape index (κ3) is 6.74. The number of amides is 2. The summed E-state index contributed by atoms with van der Waals surface area (Å²) in [6.45, 7) is 9.82. The Bertz CT molecular complexity index is 1530. The van der Waals surface area contributed by atoms with Crippen LogP contribution >= 0.6 is 0 Å². The number of nitrogens with zero attached hydrogens (tertiary/aromatic N) is 2. The molecule has 2 atom stereocenters. The van der Waals surface area contributed by atoms with E-state index in [2.05, 4.69) is 50.9 Å². The smallest absolute Gasteiger partial charge is 0.337 e. The van der Waals surface area contributed by atoms with Gasteiger partial charge < -0.3 is 34.5 Å². The number of hydrogen-bond donors (Lipinski definition) is 4. The molecule has 0 aliphatic carbocycles. The zero-order valence-corrected chi connectivity index (χ0v) is 24.6. The average molecular weight is 576 g/mol. The van der Waals surface area contributed by atoms with Crippen LogP contribution in [-0.2, 0) is 9.53 Å². The molecule has 0 saturated carbocycles. The number of carbonyl (C=O) groups is 2. The van der Waals surface area contributed by atoms with Gasteiger partial charge in [0.2, 0.25) is 0 Å². The Labute approximate surface area is 245 Å². The van der Waals surface area contributed by atoms with E-state index in [1.54, 1.807) is 31.3 Å². The molecule has 4 N–H and O–H groups in total. The van der Waals surface area contributed by atoms with Gasteiger partial charge in [-0.1, -0.05) is 18.2 Å². The highest BCUT2D eigenvalue weighted by Crippen LogP contribution is 2.35. The zero-order chi connectivity index (χ0) is 30.4. The van der Waals surface area contributed by atoms with E-state index in [4.69, 9.17) is 14.2 Å². The van der Waals surface area contributed by atoms with Crippen LogP contribution < -0.4 is 25.5 Å². The van der Waals surface area contributed by atoms with Gasteiger partial charge in [-0.2, -0.15) is 5.10 Å². The Hall–Kier alpha value is -4.77. The quantitative estimate of drug-likeness (QED) is 0.118. The van der Waals surface area contributed by atoms with Crippen LogP contribution in [0.15, 0.2) is 64.9 Å². The number of hydrazone groups is 1. The van der Waals surface area contributed by atoms with Crippen molar-refractivity contribution in [2.75, 3.05) is 20.3 Å². The first-order valence-electron chi connectivity index (χ1n) is 13.6. The molecule has 0 fully saturated rings. The molecule has 0 bridgehead atoms. The van der Waals surface area contributed by atoms with Crippen LogP contribution in [0.2, 0.25) is 0 Å². The molecule has 3 aromatic rings. The van der Waals surface area contributed by atoms with E-state index in [0.29, 0.717) is 29.4 Å². The number of ether oxygens (including phenoxy) is 3. The van der Waals surface area contributed by atoms with Crippen LogP contribution in [0.3, 0.4) is 0 Å². The molecule has 0 radical (unpaired) electrons. The summed E-state index contributed by atoms with van der Waals surface area (Å²) in [5, 5.41) is 20.0. The number of hydrogen-bond acceptors (Lipinski definition) is 8. The second-order valence-electron chi connectivity index (χ2n) is 9.92. The van der Waals surface area contributed by atoms with Gasteiger partial charge in [0, 0.05) is 28.3 Å².